The molecule has 2 atom stereocenters. The first-order valence-electron chi connectivity index (χ1n) is 13.8. The molecule has 2 aromatic rings. The lowest BCUT2D eigenvalue weighted by molar-refractivity contribution is -0.143. The predicted molar refractivity (Wildman–Crippen MR) is 163 cm³/mol. The molecule has 4 heterocycles. The molecule has 2 saturated heterocycles. The van der Waals surface area contributed by atoms with Gasteiger partial charge in [-0.05, 0) is 44.2 Å². The molecule has 0 spiro atoms. The molecule has 0 aliphatic carbocycles. The number of aryl methyl sites for hydroxylation is 1. The Labute approximate surface area is 262 Å². The van der Waals surface area contributed by atoms with Crippen LogP contribution in [0.2, 0.25) is 0 Å². The Morgan fingerprint density at radius 3 is 1.74 bits per heavy atom. The topological polar surface area (TPSA) is 161 Å². The third-order valence-corrected chi connectivity index (χ3v) is 9.16. The number of amides is 4. The average Bonchev–Trinajstić information content (AvgIpc) is 3.34. The second kappa shape index (κ2) is 14.6. The molecule has 4 rings (SSSR count). The fourth-order valence-corrected chi connectivity index (χ4v) is 7.07. The lowest BCUT2D eigenvalue weighted by atomic mass is 10.3. The average molecular weight is 652 g/mol. The second-order valence-corrected chi connectivity index (χ2v) is 13.0. The van der Waals surface area contributed by atoms with Crippen LogP contribution in [0.5, 0.6) is 0 Å². The van der Waals surface area contributed by atoms with Gasteiger partial charge in [-0.3, -0.25) is 29.0 Å². The standard InChI is InChI=1S/C25H33N9O4S4/c1-4-6-8-32(9-7-5-2)21-28-23(40)31-25(29-21)42-16-13-18(36)34(20(16)38)11-10-33-17(35)12-15(19(33)37)41-24-27-14(3)26-22(39)30-24/h15-16H,4-13H2,1-3H3,(H,26,27,30,39)(H,28,29,31,40). The minimum Gasteiger partial charge on any atom is -0.342 e. The number of imide groups is 2. The van der Waals surface area contributed by atoms with E-state index in [9.17, 15) is 19.2 Å². The summed E-state index contributed by atoms with van der Waals surface area (Å²) in [6.07, 6.45) is 4.00. The van der Waals surface area contributed by atoms with Gasteiger partial charge in [-0.25, -0.2) is 4.98 Å². The molecule has 2 aromatic heterocycles. The van der Waals surface area contributed by atoms with Crippen LogP contribution in [-0.2, 0) is 19.2 Å². The zero-order valence-electron chi connectivity index (χ0n) is 23.6. The van der Waals surface area contributed by atoms with Crippen molar-refractivity contribution in [1.82, 2.24) is 39.7 Å². The maximum absolute atomic E-state index is 13.2. The second-order valence-electron chi connectivity index (χ2n) is 9.86. The summed E-state index contributed by atoms with van der Waals surface area (Å²) in [6.45, 7) is 7.43. The summed E-state index contributed by atoms with van der Waals surface area (Å²) < 4.78 is 0.493. The van der Waals surface area contributed by atoms with Crippen molar-refractivity contribution in [3.8, 4) is 0 Å². The number of nitrogens with zero attached hydrogens (tertiary/aromatic N) is 7. The van der Waals surface area contributed by atoms with Crippen molar-refractivity contribution in [2.45, 2.75) is 80.1 Å². The van der Waals surface area contributed by atoms with E-state index in [2.05, 4.69) is 48.7 Å². The molecule has 2 fully saturated rings. The van der Waals surface area contributed by atoms with Crippen LogP contribution < -0.4 is 4.90 Å². The molecule has 0 aromatic carbocycles. The van der Waals surface area contributed by atoms with Gasteiger partial charge >= 0.3 is 0 Å². The van der Waals surface area contributed by atoms with Gasteiger partial charge in [0.25, 0.3) is 0 Å². The van der Waals surface area contributed by atoms with Gasteiger partial charge in [-0.15, -0.1) is 0 Å². The lowest BCUT2D eigenvalue weighted by Crippen LogP contribution is -2.41. The summed E-state index contributed by atoms with van der Waals surface area (Å²) in [4.78, 5) is 79.1. The van der Waals surface area contributed by atoms with E-state index in [0.29, 0.717) is 22.1 Å². The molecule has 4 amide bonds. The minimum atomic E-state index is -0.724. The molecule has 0 bridgehead atoms. The summed E-state index contributed by atoms with van der Waals surface area (Å²) >= 11 is 12.6. The van der Waals surface area contributed by atoms with Crippen LogP contribution in [0.3, 0.4) is 0 Å². The predicted octanol–water partition coefficient (Wildman–Crippen LogP) is 3.24. The molecular formula is C25H33N9O4S4. The van der Waals surface area contributed by atoms with Crippen molar-refractivity contribution in [3.05, 3.63) is 15.4 Å². The highest BCUT2D eigenvalue weighted by molar-refractivity contribution is 8.00. The Hall–Kier alpha value is -2.76. The van der Waals surface area contributed by atoms with Gasteiger partial charge in [0.2, 0.25) is 39.1 Å². The molecule has 2 N–H and O–H groups in total. The number of likely N-dealkylation sites (tertiary alicyclic amines) is 2. The van der Waals surface area contributed by atoms with Crippen LogP contribution in [0, 0.1) is 16.5 Å². The smallest absolute Gasteiger partial charge is 0.243 e. The molecule has 0 radical (unpaired) electrons. The summed E-state index contributed by atoms with van der Waals surface area (Å²) in [6, 6.07) is 0. The Morgan fingerprint density at radius 2 is 1.26 bits per heavy atom. The van der Waals surface area contributed by atoms with E-state index in [1.807, 2.05) is 0 Å². The summed E-state index contributed by atoms with van der Waals surface area (Å²) in [7, 11) is 0. The first-order valence-corrected chi connectivity index (χ1v) is 16.4. The van der Waals surface area contributed by atoms with Crippen LogP contribution in [0.4, 0.5) is 5.95 Å². The third kappa shape index (κ3) is 7.99. The van der Waals surface area contributed by atoms with Crippen LogP contribution in [0.1, 0.15) is 58.2 Å². The zero-order valence-corrected chi connectivity index (χ0v) is 26.9. The highest BCUT2D eigenvalue weighted by Crippen LogP contribution is 2.32. The number of unbranched alkanes of at least 4 members (excludes halogenated alkanes) is 2. The Balaban J connectivity index is 1.38. The van der Waals surface area contributed by atoms with Crippen molar-refractivity contribution < 1.29 is 19.2 Å². The quantitative estimate of drug-likeness (QED) is 0.226. The van der Waals surface area contributed by atoms with Gasteiger partial charge in [0.1, 0.15) is 16.3 Å². The van der Waals surface area contributed by atoms with Gasteiger partial charge in [-0.2, -0.15) is 15.0 Å². The number of hydrogen-bond acceptors (Lipinski definition) is 13. The van der Waals surface area contributed by atoms with Crippen LogP contribution in [0.15, 0.2) is 10.3 Å². The van der Waals surface area contributed by atoms with E-state index < -0.39 is 22.3 Å². The van der Waals surface area contributed by atoms with Crippen molar-refractivity contribution >= 4 is 77.5 Å². The summed E-state index contributed by atoms with van der Waals surface area (Å²) in [5, 5.41) is -0.801. The number of H-pyrrole nitrogens is 2. The number of thioether (sulfide) groups is 2. The van der Waals surface area contributed by atoms with E-state index in [-0.39, 0.29) is 47.3 Å². The number of aromatic amines is 2. The van der Waals surface area contributed by atoms with Crippen LogP contribution in [-0.4, -0.2) is 100 Å². The minimum absolute atomic E-state index is 0.0285. The van der Waals surface area contributed by atoms with E-state index in [0.717, 1.165) is 72.1 Å². The van der Waals surface area contributed by atoms with Crippen molar-refractivity contribution in [3.63, 3.8) is 0 Å². The molecule has 2 aliphatic rings. The summed E-state index contributed by atoms with van der Waals surface area (Å²) in [5.41, 5.74) is 0. The monoisotopic (exact) mass is 651 g/mol. The molecule has 17 heteroatoms. The largest absolute Gasteiger partial charge is 0.342 e. The number of nitrogens with one attached hydrogen (secondary N) is 2. The highest BCUT2D eigenvalue weighted by Gasteiger charge is 2.43. The number of hydrogen-bond donors (Lipinski definition) is 2. The van der Waals surface area contributed by atoms with Gasteiger partial charge < -0.3 is 14.9 Å². The van der Waals surface area contributed by atoms with Crippen molar-refractivity contribution in [1.29, 1.82) is 0 Å². The Bertz CT molecular complexity index is 1460. The number of anilines is 1. The maximum atomic E-state index is 13.2. The van der Waals surface area contributed by atoms with Crippen molar-refractivity contribution in [2.75, 3.05) is 31.1 Å². The van der Waals surface area contributed by atoms with E-state index in [1.54, 1.807) is 6.92 Å². The zero-order chi connectivity index (χ0) is 30.4. The Morgan fingerprint density at radius 1 is 0.786 bits per heavy atom. The fourth-order valence-electron chi connectivity index (χ4n) is 4.51. The number of rotatable bonds is 14. The van der Waals surface area contributed by atoms with E-state index in [4.69, 9.17) is 24.4 Å². The molecule has 42 heavy (non-hydrogen) atoms. The lowest BCUT2D eigenvalue weighted by Gasteiger charge is -2.23. The van der Waals surface area contributed by atoms with Crippen molar-refractivity contribution in [2.24, 2.45) is 0 Å². The molecule has 2 unspecified atom stereocenters. The van der Waals surface area contributed by atoms with Crippen LogP contribution in [0.25, 0.3) is 0 Å². The molecule has 0 saturated carbocycles. The molecular weight excluding hydrogens is 619 g/mol. The number of aromatic nitrogens is 6. The van der Waals surface area contributed by atoms with E-state index in [1.165, 1.54) is 0 Å². The van der Waals surface area contributed by atoms with Gasteiger partial charge in [0.05, 0.1) is 0 Å². The number of carbonyl (C=O) groups excluding carboxylic acids is 4. The van der Waals surface area contributed by atoms with E-state index >= 15 is 0 Å². The van der Waals surface area contributed by atoms with Crippen LogP contribution >= 0.6 is 48.0 Å². The first-order chi connectivity index (χ1) is 20.1. The first kappa shape index (κ1) is 32.2. The fraction of sp³-hybridized carbons (Fsp3) is 0.600. The SMILES string of the molecule is CCCCN(CCCC)c1nc(SC2CC(=O)N(CCN3C(=O)CC(Sc4nc(C)[nH]c(=S)n4)C3=O)C2=O)nc(=S)[nH]1. The maximum Gasteiger partial charge on any atom is 0.243 e. The third-order valence-electron chi connectivity index (χ3n) is 6.68. The van der Waals surface area contributed by atoms with Gasteiger partial charge in [-0.1, -0.05) is 50.2 Å². The molecule has 13 nitrogen and oxygen atoms in total. The Kier molecular flexibility index (Phi) is 11.2. The molecule has 226 valence electrons. The van der Waals surface area contributed by atoms with Gasteiger partial charge in [0, 0.05) is 39.0 Å². The van der Waals surface area contributed by atoms with Gasteiger partial charge in [0.15, 0.2) is 10.3 Å². The molecule has 2 aliphatic heterocycles. The normalized spacial score (nSPS) is 18.9. The highest BCUT2D eigenvalue weighted by atomic mass is 32.2. The number of carbonyl (C=O) groups is 4. The summed E-state index contributed by atoms with van der Waals surface area (Å²) in [5.74, 6) is -0.423.